The fourth-order valence-electron chi connectivity index (χ4n) is 2.72. The number of ether oxygens (including phenoxy) is 1. The predicted octanol–water partition coefficient (Wildman–Crippen LogP) is 1.89. The Balaban J connectivity index is 1.86. The van der Waals surface area contributed by atoms with Gasteiger partial charge in [-0.1, -0.05) is 0 Å². The van der Waals surface area contributed by atoms with Crippen molar-refractivity contribution in [3.63, 3.8) is 0 Å². The van der Waals surface area contributed by atoms with Gasteiger partial charge < -0.3 is 9.64 Å². The zero-order chi connectivity index (χ0) is 14.1. The highest BCUT2D eigenvalue weighted by molar-refractivity contribution is 9.10. The number of aromatic nitrogens is 4. The van der Waals surface area contributed by atoms with Crippen LogP contribution in [0.4, 0.5) is 5.82 Å². The van der Waals surface area contributed by atoms with Crippen molar-refractivity contribution >= 4 is 21.7 Å². The van der Waals surface area contributed by atoms with E-state index in [9.17, 15) is 0 Å². The van der Waals surface area contributed by atoms with Crippen LogP contribution in [-0.4, -0.2) is 46.7 Å². The van der Waals surface area contributed by atoms with E-state index in [2.05, 4.69) is 54.2 Å². The number of aromatic amines is 1. The molecule has 3 rings (SSSR count). The smallest absolute Gasteiger partial charge is 0.131 e. The normalized spacial score (nSPS) is 22.4. The molecule has 2 aromatic heterocycles. The van der Waals surface area contributed by atoms with Crippen LogP contribution in [0.15, 0.2) is 22.9 Å². The Morgan fingerprint density at radius 3 is 2.90 bits per heavy atom. The van der Waals surface area contributed by atoms with Gasteiger partial charge in [-0.3, -0.25) is 0 Å². The number of aryl methyl sites for hydroxylation is 1. The maximum atomic E-state index is 5.60. The zero-order valence-corrected chi connectivity index (χ0v) is 13.0. The van der Waals surface area contributed by atoms with Gasteiger partial charge in [0.2, 0.25) is 0 Å². The zero-order valence-electron chi connectivity index (χ0n) is 11.4. The summed E-state index contributed by atoms with van der Waals surface area (Å²) in [6, 6.07) is 2.08. The van der Waals surface area contributed by atoms with Gasteiger partial charge in [-0.2, -0.15) is 15.4 Å². The first-order valence-electron chi connectivity index (χ1n) is 6.44. The van der Waals surface area contributed by atoms with E-state index in [0.29, 0.717) is 0 Å². The van der Waals surface area contributed by atoms with Crippen molar-refractivity contribution in [3.05, 3.63) is 34.2 Å². The van der Waals surface area contributed by atoms with Crippen LogP contribution in [0, 0.1) is 6.92 Å². The van der Waals surface area contributed by atoms with Crippen LogP contribution in [0.1, 0.15) is 17.2 Å². The topological polar surface area (TPSA) is 66.9 Å². The molecule has 0 spiro atoms. The van der Waals surface area contributed by atoms with E-state index in [1.165, 1.54) is 0 Å². The van der Waals surface area contributed by atoms with E-state index in [1.54, 1.807) is 13.3 Å². The van der Waals surface area contributed by atoms with Gasteiger partial charge in [0.15, 0.2) is 0 Å². The van der Waals surface area contributed by atoms with Crippen molar-refractivity contribution in [2.75, 3.05) is 25.1 Å². The van der Waals surface area contributed by atoms with Crippen LogP contribution in [0.3, 0.4) is 0 Å². The molecule has 0 aliphatic carbocycles. The van der Waals surface area contributed by atoms with Gasteiger partial charge in [0.1, 0.15) is 5.82 Å². The summed E-state index contributed by atoms with van der Waals surface area (Å²) < 4.78 is 6.60. The molecule has 2 aromatic rings. The Morgan fingerprint density at radius 1 is 1.40 bits per heavy atom. The lowest BCUT2D eigenvalue weighted by atomic mass is 10.0. The molecule has 7 heteroatoms. The molecule has 1 N–H and O–H groups in total. The lowest BCUT2D eigenvalue weighted by Crippen LogP contribution is -2.23. The second kappa shape index (κ2) is 5.49. The highest BCUT2D eigenvalue weighted by Crippen LogP contribution is 2.32. The standard InChI is InChI=1S/C13H16BrN5O/c1-8-3-9(14)4-15-13(8)19-6-10(12(7-19)20-2)11-5-16-18-17-11/h3-5,10,12H,6-7H2,1-2H3,(H,16,17,18)/t10-,12+/m0/s1. The van der Waals surface area contributed by atoms with E-state index < -0.39 is 0 Å². The van der Waals surface area contributed by atoms with Gasteiger partial charge in [0, 0.05) is 30.9 Å². The molecule has 20 heavy (non-hydrogen) atoms. The maximum Gasteiger partial charge on any atom is 0.131 e. The Kier molecular flexibility index (Phi) is 3.71. The second-order valence-electron chi connectivity index (χ2n) is 4.97. The van der Waals surface area contributed by atoms with Gasteiger partial charge in [-0.15, -0.1) is 0 Å². The van der Waals surface area contributed by atoms with E-state index in [-0.39, 0.29) is 12.0 Å². The summed E-state index contributed by atoms with van der Waals surface area (Å²) in [5, 5.41) is 10.7. The molecule has 1 saturated heterocycles. The fourth-order valence-corrected chi connectivity index (χ4v) is 3.17. The third-order valence-electron chi connectivity index (χ3n) is 3.70. The van der Waals surface area contributed by atoms with Crippen LogP contribution in [-0.2, 0) is 4.74 Å². The summed E-state index contributed by atoms with van der Waals surface area (Å²) in [5.41, 5.74) is 2.09. The van der Waals surface area contributed by atoms with E-state index in [1.807, 2.05) is 6.20 Å². The highest BCUT2D eigenvalue weighted by atomic mass is 79.9. The number of methoxy groups -OCH3 is 1. The summed E-state index contributed by atoms with van der Waals surface area (Å²) in [6.07, 6.45) is 3.69. The molecule has 3 heterocycles. The first-order valence-corrected chi connectivity index (χ1v) is 7.24. The highest BCUT2D eigenvalue weighted by Gasteiger charge is 2.36. The number of pyridine rings is 1. The molecule has 0 amide bonds. The number of nitrogens with zero attached hydrogens (tertiary/aromatic N) is 4. The fraction of sp³-hybridized carbons (Fsp3) is 0.462. The summed E-state index contributed by atoms with van der Waals surface area (Å²) >= 11 is 3.45. The number of halogens is 1. The van der Waals surface area contributed by atoms with Crippen molar-refractivity contribution in [3.8, 4) is 0 Å². The number of rotatable bonds is 3. The molecule has 1 aliphatic rings. The number of anilines is 1. The molecule has 2 atom stereocenters. The quantitative estimate of drug-likeness (QED) is 0.926. The summed E-state index contributed by atoms with van der Waals surface area (Å²) in [7, 11) is 1.74. The van der Waals surface area contributed by atoms with Gasteiger partial charge >= 0.3 is 0 Å². The summed E-state index contributed by atoms with van der Waals surface area (Å²) in [4.78, 5) is 6.77. The number of hydrogen-bond acceptors (Lipinski definition) is 5. The molecule has 0 saturated carbocycles. The van der Waals surface area contributed by atoms with Gasteiger partial charge in [-0.05, 0) is 34.5 Å². The molecule has 1 fully saturated rings. The third kappa shape index (κ3) is 2.43. The number of hydrogen-bond donors (Lipinski definition) is 1. The predicted molar refractivity (Wildman–Crippen MR) is 78.8 cm³/mol. The second-order valence-corrected chi connectivity index (χ2v) is 5.89. The molecular weight excluding hydrogens is 322 g/mol. The molecule has 106 valence electrons. The first kappa shape index (κ1) is 13.5. The summed E-state index contributed by atoms with van der Waals surface area (Å²) in [5.74, 6) is 1.21. The monoisotopic (exact) mass is 337 g/mol. The van der Waals surface area contributed by atoms with Crippen molar-refractivity contribution in [2.24, 2.45) is 0 Å². The molecule has 0 unspecified atom stereocenters. The minimum absolute atomic E-state index is 0.102. The minimum Gasteiger partial charge on any atom is -0.379 e. The minimum atomic E-state index is 0.102. The molecule has 0 radical (unpaired) electrons. The largest absolute Gasteiger partial charge is 0.379 e. The molecule has 6 nitrogen and oxygen atoms in total. The number of nitrogens with one attached hydrogen (secondary N) is 1. The Labute approximate surface area is 125 Å². The summed E-state index contributed by atoms with van der Waals surface area (Å²) in [6.45, 7) is 3.71. The van der Waals surface area contributed by atoms with Crippen molar-refractivity contribution in [1.29, 1.82) is 0 Å². The lowest BCUT2D eigenvalue weighted by molar-refractivity contribution is 0.105. The number of H-pyrrole nitrogens is 1. The van der Waals surface area contributed by atoms with Crippen LogP contribution >= 0.6 is 15.9 Å². The Bertz CT molecular complexity index is 588. The van der Waals surface area contributed by atoms with Crippen LogP contribution < -0.4 is 4.90 Å². The van der Waals surface area contributed by atoms with Gasteiger partial charge in [-0.25, -0.2) is 4.98 Å². The SMILES string of the molecule is CO[C@@H]1CN(c2ncc(Br)cc2C)C[C@H]1c1cn[nH]n1. The third-order valence-corrected chi connectivity index (χ3v) is 4.13. The molecule has 0 aromatic carbocycles. The van der Waals surface area contributed by atoms with Gasteiger partial charge in [0.25, 0.3) is 0 Å². The van der Waals surface area contributed by atoms with Crippen LogP contribution in [0.5, 0.6) is 0 Å². The van der Waals surface area contributed by atoms with Crippen LogP contribution in [0.25, 0.3) is 0 Å². The van der Waals surface area contributed by atoms with E-state index in [0.717, 1.165) is 34.6 Å². The average Bonchev–Trinajstić information content (AvgIpc) is 3.07. The maximum absolute atomic E-state index is 5.60. The Hall–Kier alpha value is -1.47. The first-order chi connectivity index (χ1) is 9.69. The van der Waals surface area contributed by atoms with Crippen molar-refractivity contribution < 1.29 is 4.74 Å². The molecule has 0 bridgehead atoms. The molecular formula is C13H16BrN5O. The van der Waals surface area contributed by atoms with E-state index in [4.69, 9.17) is 4.74 Å². The Morgan fingerprint density at radius 2 is 2.25 bits per heavy atom. The molecule has 1 aliphatic heterocycles. The average molecular weight is 338 g/mol. The van der Waals surface area contributed by atoms with Crippen molar-refractivity contribution in [1.82, 2.24) is 20.4 Å². The van der Waals surface area contributed by atoms with Crippen LogP contribution in [0.2, 0.25) is 0 Å². The van der Waals surface area contributed by atoms with Gasteiger partial charge in [0.05, 0.1) is 23.9 Å². The lowest BCUT2D eigenvalue weighted by Gasteiger charge is -2.19. The van der Waals surface area contributed by atoms with E-state index >= 15 is 0 Å². The van der Waals surface area contributed by atoms with Crippen molar-refractivity contribution in [2.45, 2.75) is 18.9 Å².